The summed E-state index contributed by atoms with van der Waals surface area (Å²) in [5.41, 5.74) is 2.56. The maximum absolute atomic E-state index is 14.1. The van der Waals surface area contributed by atoms with Crippen LogP contribution in [0.15, 0.2) is 81.9 Å². The van der Waals surface area contributed by atoms with Crippen molar-refractivity contribution in [3.63, 3.8) is 0 Å². The van der Waals surface area contributed by atoms with Crippen molar-refractivity contribution in [1.82, 2.24) is 10.2 Å². The predicted octanol–water partition coefficient (Wildman–Crippen LogP) is 4.90. The molecule has 0 fully saturated rings. The highest BCUT2D eigenvalue weighted by atomic mass is 35.5. The standard InChI is InChI=1S/C26H28ClN3O3S/c1-18-9-8-14-28-23(18)30(16-21-15-29-26(27)34-21)24(31)22(20-12-6-3-7-13-20)25(32)33-17-19-10-4-2-5-11-19/h2-6,9-12,15,22,26,29H,7-8,13-14,16-17H2,1H3. The highest BCUT2D eigenvalue weighted by molar-refractivity contribution is 8.05. The van der Waals surface area contributed by atoms with Crippen LogP contribution in [0, 0.1) is 5.92 Å². The van der Waals surface area contributed by atoms with Gasteiger partial charge in [-0.1, -0.05) is 78.0 Å². The summed E-state index contributed by atoms with van der Waals surface area (Å²) in [4.78, 5) is 34.3. The summed E-state index contributed by atoms with van der Waals surface area (Å²) in [6.07, 6.45) is 11.9. The molecular weight excluding hydrogens is 470 g/mol. The molecule has 3 aliphatic rings. The van der Waals surface area contributed by atoms with E-state index in [4.69, 9.17) is 16.3 Å². The molecule has 0 radical (unpaired) electrons. The number of carbonyl (C=O) groups is 2. The Balaban J connectivity index is 1.62. The molecule has 2 unspecified atom stereocenters. The molecule has 1 amide bonds. The third kappa shape index (κ3) is 6.02. The van der Waals surface area contributed by atoms with Crippen LogP contribution in [0.3, 0.4) is 0 Å². The van der Waals surface area contributed by atoms with Gasteiger partial charge < -0.3 is 10.1 Å². The SMILES string of the molecule is CC1=CCCN=C1N(CC1=CNC(Cl)S1)C(=O)C(C(=O)OCc1ccccc1)C1=CC=CCC1. The fourth-order valence-electron chi connectivity index (χ4n) is 4.06. The van der Waals surface area contributed by atoms with Gasteiger partial charge in [0, 0.05) is 17.6 Å². The number of esters is 1. The fourth-order valence-corrected chi connectivity index (χ4v) is 5.21. The number of amides is 1. The number of carbonyl (C=O) groups excluding carboxylic acids is 2. The van der Waals surface area contributed by atoms with Crippen molar-refractivity contribution in [3.05, 3.63) is 82.5 Å². The Bertz CT molecular complexity index is 1080. The Morgan fingerprint density at radius 3 is 2.79 bits per heavy atom. The van der Waals surface area contributed by atoms with E-state index < -0.39 is 11.9 Å². The molecule has 8 heteroatoms. The molecule has 2 heterocycles. The van der Waals surface area contributed by atoms with E-state index >= 15 is 0 Å². The number of nitrogens with one attached hydrogen (secondary N) is 1. The number of halogens is 1. The number of hydrogen-bond acceptors (Lipinski definition) is 6. The van der Waals surface area contributed by atoms with Crippen LogP contribution in [0.4, 0.5) is 0 Å². The van der Waals surface area contributed by atoms with Crippen molar-refractivity contribution in [3.8, 4) is 0 Å². The predicted molar refractivity (Wildman–Crippen MR) is 137 cm³/mol. The van der Waals surface area contributed by atoms with Crippen molar-refractivity contribution in [2.75, 3.05) is 13.1 Å². The molecule has 0 spiro atoms. The first-order chi connectivity index (χ1) is 16.5. The lowest BCUT2D eigenvalue weighted by Gasteiger charge is -2.30. The lowest BCUT2D eigenvalue weighted by Crippen LogP contribution is -2.46. The summed E-state index contributed by atoms with van der Waals surface area (Å²) in [6.45, 7) is 2.95. The van der Waals surface area contributed by atoms with Gasteiger partial charge in [-0.25, -0.2) is 0 Å². The van der Waals surface area contributed by atoms with E-state index in [1.54, 1.807) is 4.90 Å². The van der Waals surface area contributed by atoms with E-state index in [1.807, 2.05) is 61.7 Å². The van der Waals surface area contributed by atoms with Gasteiger partial charge in [-0.15, -0.1) is 0 Å². The summed E-state index contributed by atoms with van der Waals surface area (Å²) < 4.78 is 5.66. The molecule has 0 bridgehead atoms. The molecule has 1 aromatic rings. The minimum absolute atomic E-state index is 0.116. The summed E-state index contributed by atoms with van der Waals surface area (Å²) in [5.74, 6) is -1.30. The first kappa shape index (κ1) is 24.4. The number of dihydropyridines is 1. The number of hydrogen-bond donors (Lipinski definition) is 1. The molecule has 4 rings (SSSR count). The van der Waals surface area contributed by atoms with Gasteiger partial charge in [0.05, 0.1) is 6.54 Å². The van der Waals surface area contributed by atoms with Crippen molar-refractivity contribution >= 4 is 41.1 Å². The van der Waals surface area contributed by atoms with E-state index in [1.165, 1.54) is 11.8 Å². The van der Waals surface area contributed by atoms with Gasteiger partial charge in [0.25, 0.3) is 0 Å². The molecule has 6 nitrogen and oxygen atoms in total. The molecule has 1 aliphatic carbocycles. The number of thioether (sulfide) groups is 1. The molecule has 1 aromatic carbocycles. The smallest absolute Gasteiger partial charge is 0.323 e. The van der Waals surface area contributed by atoms with Crippen LogP contribution in [0.25, 0.3) is 0 Å². The second-order valence-electron chi connectivity index (χ2n) is 8.25. The van der Waals surface area contributed by atoms with E-state index in [0.717, 1.165) is 34.5 Å². The molecule has 34 heavy (non-hydrogen) atoms. The van der Waals surface area contributed by atoms with E-state index in [9.17, 15) is 9.59 Å². The monoisotopic (exact) mass is 497 g/mol. The summed E-state index contributed by atoms with van der Waals surface area (Å²) in [5, 5.41) is 3.04. The zero-order valence-corrected chi connectivity index (χ0v) is 20.6. The first-order valence-corrected chi connectivity index (χ1v) is 12.7. The summed E-state index contributed by atoms with van der Waals surface area (Å²) >= 11 is 7.63. The number of ether oxygens (including phenoxy) is 1. The third-order valence-corrected chi connectivity index (χ3v) is 7.07. The number of rotatable bonds is 7. The van der Waals surface area contributed by atoms with Crippen LogP contribution in [0.5, 0.6) is 0 Å². The number of nitrogens with zero attached hydrogens (tertiary/aromatic N) is 2. The molecule has 0 saturated heterocycles. The zero-order chi connectivity index (χ0) is 23.9. The van der Waals surface area contributed by atoms with Gasteiger partial charge in [0.1, 0.15) is 12.4 Å². The van der Waals surface area contributed by atoms with Crippen LogP contribution < -0.4 is 5.32 Å². The average Bonchev–Trinajstić information content (AvgIpc) is 3.28. The van der Waals surface area contributed by atoms with Crippen molar-refractivity contribution in [2.24, 2.45) is 10.9 Å². The number of aliphatic imine (C=N–C) groups is 1. The maximum atomic E-state index is 14.1. The lowest BCUT2D eigenvalue weighted by atomic mass is 9.90. The van der Waals surface area contributed by atoms with Gasteiger partial charge in [-0.3, -0.25) is 19.5 Å². The second kappa shape index (κ2) is 11.6. The molecule has 2 atom stereocenters. The summed E-state index contributed by atoms with van der Waals surface area (Å²) in [7, 11) is 0. The van der Waals surface area contributed by atoms with Gasteiger partial charge in [-0.05, 0) is 42.9 Å². The third-order valence-electron chi connectivity index (χ3n) is 5.78. The molecule has 178 valence electrons. The Kier molecular flexibility index (Phi) is 8.29. The van der Waals surface area contributed by atoms with Crippen LogP contribution in [0.1, 0.15) is 31.7 Å². The van der Waals surface area contributed by atoms with Crippen LogP contribution in [-0.2, 0) is 20.9 Å². The van der Waals surface area contributed by atoms with Crippen molar-refractivity contribution in [1.29, 1.82) is 0 Å². The normalized spacial score (nSPS) is 20.4. The minimum atomic E-state index is -1.03. The summed E-state index contributed by atoms with van der Waals surface area (Å²) in [6, 6.07) is 9.48. The van der Waals surface area contributed by atoms with Gasteiger partial charge in [0.15, 0.2) is 10.8 Å². The lowest BCUT2D eigenvalue weighted by molar-refractivity contribution is -0.153. The molecule has 2 aliphatic heterocycles. The Labute approximate surface area is 209 Å². The van der Waals surface area contributed by atoms with Gasteiger partial charge in [-0.2, -0.15) is 0 Å². The van der Waals surface area contributed by atoms with E-state index in [2.05, 4.69) is 16.4 Å². The quantitative estimate of drug-likeness (QED) is 0.251. The van der Waals surface area contributed by atoms with Crippen LogP contribution in [-0.4, -0.2) is 40.5 Å². The highest BCUT2D eigenvalue weighted by Gasteiger charge is 2.38. The van der Waals surface area contributed by atoms with Crippen LogP contribution >= 0.6 is 23.4 Å². The van der Waals surface area contributed by atoms with E-state index in [-0.39, 0.29) is 23.9 Å². The molecule has 1 N–H and O–H groups in total. The largest absolute Gasteiger partial charge is 0.460 e. The Morgan fingerprint density at radius 1 is 1.29 bits per heavy atom. The second-order valence-corrected chi connectivity index (χ2v) is 10.2. The number of benzene rings is 1. The van der Waals surface area contributed by atoms with Gasteiger partial charge >= 0.3 is 5.97 Å². The topological polar surface area (TPSA) is 71.0 Å². The zero-order valence-electron chi connectivity index (χ0n) is 19.1. The number of allylic oxidation sites excluding steroid dienone is 3. The number of alkyl halides is 1. The van der Waals surface area contributed by atoms with Crippen LogP contribution in [0.2, 0.25) is 0 Å². The molecular formula is C26H28ClN3O3S. The first-order valence-electron chi connectivity index (χ1n) is 11.4. The van der Waals surface area contributed by atoms with Crippen molar-refractivity contribution in [2.45, 2.75) is 37.6 Å². The number of amidine groups is 1. The average molecular weight is 498 g/mol. The maximum Gasteiger partial charge on any atom is 0.323 e. The minimum Gasteiger partial charge on any atom is -0.460 e. The van der Waals surface area contributed by atoms with Gasteiger partial charge in [0.2, 0.25) is 5.91 Å². The molecule has 0 saturated carbocycles. The van der Waals surface area contributed by atoms with E-state index in [0.29, 0.717) is 18.8 Å². The Hall–Kier alpha value is -2.77. The molecule has 0 aromatic heterocycles. The highest BCUT2D eigenvalue weighted by Crippen LogP contribution is 2.31. The Morgan fingerprint density at radius 2 is 2.12 bits per heavy atom. The van der Waals surface area contributed by atoms with Crippen molar-refractivity contribution < 1.29 is 14.3 Å². The fraction of sp³-hybridized carbons (Fsp3) is 0.346.